The molecular weight excluding hydrogens is 186 g/mol. The Labute approximate surface area is 88.9 Å². The van der Waals surface area contributed by atoms with Crippen LogP contribution in [0.15, 0.2) is 30.6 Å². The van der Waals surface area contributed by atoms with Gasteiger partial charge in [-0.2, -0.15) is 0 Å². The number of rotatable bonds is 2. The standard InChI is InChI=1S/C12H15N3/c1-9(13)12(5-6-12)10-8-15-7-3-2-4-11(15)14-10/h2-4,7-9H,5-6,13H2,1H3. The fourth-order valence-corrected chi connectivity index (χ4v) is 2.25. The van der Waals surface area contributed by atoms with Gasteiger partial charge in [0, 0.05) is 23.9 Å². The fraction of sp³-hybridized carbons (Fsp3) is 0.417. The van der Waals surface area contributed by atoms with Crippen LogP contribution in [0.2, 0.25) is 0 Å². The summed E-state index contributed by atoms with van der Waals surface area (Å²) in [6, 6.07) is 6.25. The molecule has 0 radical (unpaired) electrons. The van der Waals surface area contributed by atoms with E-state index in [0.29, 0.717) is 0 Å². The first-order chi connectivity index (χ1) is 7.22. The van der Waals surface area contributed by atoms with E-state index in [4.69, 9.17) is 5.73 Å². The van der Waals surface area contributed by atoms with Crippen molar-refractivity contribution >= 4 is 5.65 Å². The molecule has 0 bridgehead atoms. The number of hydrogen-bond donors (Lipinski definition) is 1. The second-order valence-corrected chi connectivity index (χ2v) is 4.54. The third kappa shape index (κ3) is 1.20. The minimum absolute atomic E-state index is 0.159. The normalized spacial score (nSPS) is 20.4. The first kappa shape index (κ1) is 8.92. The van der Waals surface area contributed by atoms with E-state index < -0.39 is 0 Å². The molecule has 2 N–H and O–H groups in total. The minimum atomic E-state index is 0.159. The third-order valence-corrected chi connectivity index (χ3v) is 3.53. The van der Waals surface area contributed by atoms with Crippen LogP contribution in [0.5, 0.6) is 0 Å². The second kappa shape index (κ2) is 2.83. The van der Waals surface area contributed by atoms with Crippen molar-refractivity contribution in [3.63, 3.8) is 0 Å². The zero-order valence-electron chi connectivity index (χ0n) is 8.85. The number of imidazole rings is 1. The molecule has 0 saturated heterocycles. The SMILES string of the molecule is CC(N)C1(c2cn3ccccc3n2)CC1. The van der Waals surface area contributed by atoms with Crippen LogP contribution in [0.4, 0.5) is 0 Å². The Hall–Kier alpha value is -1.35. The molecule has 78 valence electrons. The molecule has 0 spiro atoms. The molecule has 1 aliphatic rings. The topological polar surface area (TPSA) is 43.3 Å². The maximum Gasteiger partial charge on any atom is 0.136 e. The Morgan fingerprint density at radius 3 is 2.87 bits per heavy atom. The molecule has 0 aliphatic heterocycles. The van der Waals surface area contributed by atoms with Crippen LogP contribution < -0.4 is 5.73 Å². The Balaban J connectivity index is 2.13. The summed E-state index contributed by atoms with van der Waals surface area (Å²) in [7, 11) is 0. The molecule has 2 aromatic rings. The maximum absolute atomic E-state index is 6.04. The highest BCUT2D eigenvalue weighted by molar-refractivity contribution is 5.43. The molecule has 0 aromatic carbocycles. The summed E-state index contributed by atoms with van der Waals surface area (Å²) in [4.78, 5) is 4.65. The largest absolute Gasteiger partial charge is 0.327 e. The van der Waals surface area contributed by atoms with Gasteiger partial charge in [-0.1, -0.05) is 6.07 Å². The van der Waals surface area contributed by atoms with E-state index in [1.54, 1.807) is 0 Å². The minimum Gasteiger partial charge on any atom is -0.327 e. The Morgan fingerprint density at radius 1 is 1.47 bits per heavy atom. The van der Waals surface area contributed by atoms with Gasteiger partial charge in [-0.3, -0.25) is 0 Å². The van der Waals surface area contributed by atoms with Crippen LogP contribution in [0, 0.1) is 0 Å². The van der Waals surface area contributed by atoms with Crippen LogP contribution in [-0.4, -0.2) is 15.4 Å². The average molecular weight is 201 g/mol. The maximum atomic E-state index is 6.04. The van der Waals surface area contributed by atoms with E-state index in [-0.39, 0.29) is 11.5 Å². The molecule has 3 rings (SSSR count). The van der Waals surface area contributed by atoms with Crippen molar-refractivity contribution in [3.8, 4) is 0 Å². The van der Waals surface area contributed by atoms with E-state index in [9.17, 15) is 0 Å². The average Bonchev–Trinajstić information content (AvgIpc) is 2.93. The lowest BCUT2D eigenvalue weighted by Gasteiger charge is -2.16. The molecule has 1 saturated carbocycles. The molecule has 0 amide bonds. The highest BCUT2D eigenvalue weighted by Gasteiger charge is 2.49. The molecule has 2 aromatic heterocycles. The zero-order chi connectivity index (χ0) is 10.5. The smallest absolute Gasteiger partial charge is 0.136 e. The number of hydrogen-bond acceptors (Lipinski definition) is 2. The lowest BCUT2D eigenvalue weighted by atomic mass is 9.95. The van der Waals surface area contributed by atoms with Crippen molar-refractivity contribution in [2.45, 2.75) is 31.2 Å². The van der Waals surface area contributed by atoms with Gasteiger partial charge in [0.25, 0.3) is 0 Å². The van der Waals surface area contributed by atoms with Crippen molar-refractivity contribution in [2.75, 3.05) is 0 Å². The number of nitrogens with two attached hydrogens (primary N) is 1. The second-order valence-electron chi connectivity index (χ2n) is 4.54. The van der Waals surface area contributed by atoms with Crippen LogP contribution in [-0.2, 0) is 5.41 Å². The zero-order valence-corrected chi connectivity index (χ0v) is 8.85. The fourth-order valence-electron chi connectivity index (χ4n) is 2.25. The van der Waals surface area contributed by atoms with Crippen LogP contribution in [0.25, 0.3) is 5.65 Å². The molecule has 3 nitrogen and oxygen atoms in total. The molecule has 1 aliphatic carbocycles. The van der Waals surface area contributed by atoms with Crippen molar-refractivity contribution in [1.29, 1.82) is 0 Å². The molecule has 15 heavy (non-hydrogen) atoms. The monoisotopic (exact) mass is 201 g/mol. The summed E-state index contributed by atoms with van der Waals surface area (Å²) < 4.78 is 2.07. The molecule has 2 heterocycles. The molecule has 1 atom stereocenters. The number of fused-ring (bicyclic) bond motifs is 1. The number of pyridine rings is 1. The Kier molecular flexibility index (Phi) is 1.68. The van der Waals surface area contributed by atoms with E-state index in [2.05, 4.69) is 22.5 Å². The van der Waals surface area contributed by atoms with Gasteiger partial charge >= 0.3 is 0 Å². The van der Waals surface area contributed by atoms with Crippen molar-refractivity contribution in [1.82, 2.24) is 9.38 Å². The van der Waals surface area contributed by atoms with Gasteiger partial charge in [-0.05, 0) is 31.9 Å². The number of aromatic nitrogens is 2. The van der Waals surface area contributed by atoms with Gasteiger partial charge in [0.05, 0.1) is 5.69 Å². The van der Waals surface area contributed by atoms with Gasteiger partial charge < -0.3 is 10.1 Å². The van der Waals surface area contributed by atoms with Gasteiger partial charge in [-0.25, -0.2) is 4.98 Å². The van der Waals surface area contributed by atoms with Crippen LogP contribution >= 0.6 is 0 Å². The van der Waals surface area contributed by atoms with Gasteiger partial charge in [-0.15, -0.1) is 0 Å². The predicted molar refractivity (Wildman–Crippen MR) is 59.8 cm³/mol. The predicted octanol–water partition coefficient (Wildman–Crippen LogP) is 1.71. The highest BCUT2D eigenvalue weighted by Crippen LogP contribution is 2.49. The molecular formula is C12H15N3. The van der Waals surface area contributed by atoms with Gasteiger partial charge in [0.15, 0.2) is 0 Å². The highest BCUT2D eigenvalue weighted by atomic mass is 15.0. The summed E-state index contributed by atoms with van der Waals surface area (Å²) in [5.74, 6) is 0. The van der Waals surface area contributed by atoms with Gasteiger partial charge in [0.1, 0.15) is 5.65 Å². The van der Waals surface area contributed by atoms with E-state index in [0.717, 1.165) is 11.3 Å². The summed E-state index contributed by atoms with van der Waals surface area (Å²) in [5, 5.41) is 0. The summed E-state index contributed by atoms with van der Waals surface area (Å²) in [6.07, 6.45) is 6.50. The number of nitrogens with zero attached hydrogens (tertiary/aromatic N) is 2. The lowest BCUT2D eigenvalue weighted by Crippen LogP contribution is -2.31. The summed E-state index contributed by atoms with van der Waals surface area (Å²) >= 11 is 0. The first-order valence-electron chi connectivity index (χ1n) is 5.42. The van der Waals surface area contributed by atoms with Crippen LogP contribution in [0.3, 0.4) is 0 Å². The lowest BCUT2D eigenvalue weighted by molar-refractivity contribution is 0.545. The quantitative estimate of drug-likeness (QED) is 0.803. The molecule has 1 unspecified atom stereocenters. The van der Waals surface area contributed by atoms with E-state index >= 15 is 0 Å². The van der Waals surface area contributed by atoms with E-state index in [1.165, 1.54) is 12.8 Å². The van der Waals surface area contributed by atoms with Crippen molar-refractivity contribution < 1.29 is 0 Å². The molecule has 3 heteroatoms. The summed E-state index contributed by atoms with van der Waals surface area (Å²) in [6.45, 7) is 2.08. The van der Waals surface area contributed by atoms with Crippen LogP contribution in [0.1, 0.15) is 25.5 Å². The first-order valence-corrected chi connectivity index (χ1v) is 5.42. The summed E-state index contributed by atoms with van der Waals surface area (Å²) in [5.41, 5.74) is 8.37. The van der Waals surface area contributed by atoms with E-state index in [1.807, 2.05) is 24.4 Å². The van der Waals surface area contributed by atoms with Gasteiger partial charge in [0.2, 0.25) is 0 Å². The van der Waals surface area contributed by atoms with Crippen molar-refractivity contribution in [3.05, 3.63) is 36.3 Å². The Bertz CT molecular complexity index is 461. The van der Waals surface area contributed by atoms with Crippen molar-refractivity contribution in [2.24, 2.45) is 5.73 Å². The Morgan fingerprint density at radius 2 is 2.27 bits per heavy atom. The third-order valence-electron chi connectivity index (χ3n) is 3.53. The molecule has 1 fully saturated rings.